The number of amides is 1. The number of ether oxygens (including phenoxy) is 1. The smallest absolute Gasteiger partial charge is 0.259 e. The van der Waals surface area contributed by atoms with Crippen LogP contribution in [0.4, 0.5) is 4.39 Å². The first kappa shape index (κ1) is 11.8. The number of hydrogen-bond acceptors (Lipinski definition) is 3. The minimum absolute atomic E-state index is 0.341. The van der Waals surface area contributed by atoms with Gasteiger partial charge in [-0.15, -0.1) is 0 Å². The zero-order chi connectivity index (χ0) is 13.5. The molecule has 1 amide bonds. The van der Waals surface area contributed by atoms with Gasteiger partial charge in [0.2, 0.25) is 5.60 Å². The Morgan fingerprint density at radius 2 is 2.00 bits per heavy atom. The molecule has 2 atom stereocenters. The van der Waals surface area contributed by atoms with Crippen molar-refractivity contribution >= 4 is 5.91 Å². The van der Waals surface area contributed by atoms with Gasteiger partial charge >= 0.3 is 0 Å². The largest absolute Gasteiger partial charge is 0.367 e. The van der Waals surface area contributed by atoms with Crippen molar-refractivity contribution in [3.8, 4) is 0 Å². The molecule has 0 radical (unpaired) electrons. The second-order valence-electron chi connectivity index (χ2n) is 4.36. The van der Waals surface area contributed by atoms with Crippen molar-refractivity contribution in [3.63, 3.8) is 0 Å². The van der Waals surface area contributed by atoms with Crippen molar-refractivity contribution in [2.75, 3.05) is 0 Å². The first-order chi connectivity index (χ1) is 9.14. The lowest BCUT2D eigenvalue weighted by Crippen LogP contribution is -2.31. The lowest BCUT2D eigenvalue weighted by atomic mass is 9.95. The Labute approximate surface area is 109 Å². The Balaban J connectivity index is 1.99. The molecule has 0 unspecified atom stereocenters. The van der Waals surface area contributed by atoms with Gasteiger partial charge in [-0.3, -0.25) is 9.78 Å². The number of carbonyl (C=O) groups excluding carboxylic acids is 1. The van der Waals surface area contributed by atoms with Crippen LogP contribution >= 0.6 is 0 Å². The van der Waals surface area contributed by atoms with E-state index in [0.29, 0.717) is 11.3 Å². The maximum absolute atomic E-state index is 12.9. The van der Waals surface area contributed by atoms with Crippen molar-refractivity contribution in [1.29, 1.82) is 0 Å². The van der Waals surface area contributed by atoms with Crippen LogP contribution in [0.15, 0.2) is 48.7 Å². The minimum Gasteiger partial charge on any atom is -0.367 e. The molecular weight excluding hydrogens is 247 g/mol. The fourth-order valence-corrected chi connectivity index (χ4v) is 2.18. The van der Waals surface area contributed by atoms with Gasteiger partial charge in [0.15, 0.2) is 0 Å². The van der Waals surface area contributed by atoms with E-state index >= 15 is 0 Å². The highest BCUT2D eigenvalue weighted by Gasteiger charge is 2.64. The van der Waals surface area contributed by atoms with Gasteiger partial charge in [0.1, 0.15) is 11.9 Å². The molecule has 1 aliphatic heterocycles. The van der Waals surface area contributed by atoms with Gasteiger partial charge in [0.05, 0.1) is 5.69 Å². The number of epoxide rings is 1. The standard InChI is InChI=1S/C14H11FN2O2/c15-10-6-4-9(5-7-10)12-14(19-12,13(16)18)11-3-1-2-8-17-11/h1-8,12H,(H2,16,18)/t12-,14-/m0/s1. The Bertz CT molecular complexity index is 615. The fraction of sp³-hybridized carbons (Fsp3) is 0.143. The first-order valence-corrected chi connectivity index (χ1v) is 5.79. The number of aromatic nitrogens is 1. The summed E-state index contributed by atoms with van der Waals surface area (Å²) >= 11 is 0. The average molecular weight is 258 g/mol. The second-order valence-corrected chi connectivity index (χ2v) is 4.36. The monoisotopic (exact) mass is 258 g/mol. The van der Waals surface area contributed by atoms with E-state index in [1.165, 1.54) is 12.1 Å². The van der Waals surface area contributed by atoms with E-state index in [9.17, 15) is 9.18 Å². The van der Waals surface area contributed by atoms with E-state index in [-0.39, 0.29) is 5.82 Å². The molecule has 2 heterocycles. The molecule has 2 aromatic rings. The average Bonchev–Trinajstić information content (AvgIpc) is 3.17. The maximum atomic E-state index is 12.9. The van der Waals surface area contributed by atoms with E-state index in [0.717, 1.165) is 0 Å². The number of nitrogens with zero attached hydrogens (tertiary/aromatic N) is 1. The molecule has 96 valence electrons. The number of nitrogens with two attached hydrogens (primary N) is 1. The summed E-state index contributed by atoms with van der Waals surface area (Å²) in [5.74, 6) is -0.938. The highest BCUT2D eigenvalue weighted by atomic mass is 19.1. The van der Waals surface area contributed by atoms with Crippen molar-refractivity contribution in [1.82, 2.24) is 4.98 Å². The zero-order valence-electron chi connectivity index (χ0n) is 9.92. The molecule has 0 bridgehead atoms. The van der Waals surface area contributed by atoms with Crippen molar-refractivity contribution < 1.29 is 13.9 Å². The van der Waals surface area contributed by atoms with Crippen molar-refractivity contribution in [3.05, 3.63) is 65.7 Å². The van der Waals surface area contributed by atoms with E-state index in [2.05, 4.69) is 4.98 Å². The second kappa shape index (κ2) is 4.13. The zero-order valence-corrected chi connectivity index (χ0v) is 9.92. The quantitative estimate of drug-likeness (QED) is 0.851. The van der Waals surface area contributed by atoms with Gasteiger partial charge in [-0.05, 0) is 29.8 Å². The molecule has 1 aromatic heterocycles. The molecule has 0 aliphatic carbocycles. The van der Waals surface area contributed by atoms with Crippen LogP contribution in [-0.2, 0) is 15.1 Å². The molecule has 4 nitrogen and oxygen atoms in total. The lowest BCUT2D eigenvalue weighted by Gasteiger charge is -2.07. The number of primary amides is 1. The van der Waals surface area contributed by atoms with Crippen molar-refractivity contribution in [2.24, 2.45) is 5.73 Å². The molecule has 1 aromatic carbocycles. The summed E-state index contributed by atoms with van der Waals surface area (Å²) in [6.45, 7) is 0. The topological polar surface area (TPSA) is 68.5 Å². The molecule has 1 aliphatic rings. The predicted molar refractivity (Wildman–Crippen MR) is 65.3 cm³/mol. The summed E-state index contributed by atoms with van der Waals surface area (Å²) in [4.78, 5) is 15.8. The minimum atomic E-state index is -1.24. The maximum Gasteiger partial charge on any atom is 0.259 e. The van der Waals surface area contributed by atoms with Crippen LogP contribution in [0.5, 0.6) is 0 Å². The summed E-state index contributed by atoms with van der Waals surface area (Å²) in [6.07, 6.45) is 1.06. The Hall–Kier alpha value is -2.27. The van der Waals surface area contributed by atoms with Gasteiger partial charge in [-0.1, -0.05) is 18.2 Å². The van der Waals surface area contributed by atoms with Gasteiger partial charge in [0.25, 0.3) is 5.91 Å². The summed E-state index contributed by atoms with van der Waals surface area (Å²) < 4.78 is 18.4. The van der Waals surface area contributed by atoms with Crippen LogP contribution in [0.2, 0.25) is 0 Å². The number of rotatable bonds is 3. The lowest BCUT2D eigenvalue weighted by molar-refractivity contribution is -0.123. The Morgan fingerprint density at radius 1 is 1.26 bits per heavy atom. The van der Waals surface area contributed by atoms with Gasteiger partial charge in [-0.2, -0.15) is 0 Å². The summed E-state index contributed by atoms with van der Waals surface area (Å²) in [7, 11) is 0. The highest BCUT2D eigenvalue weighted by Crippen LogP contribution is 2.56. The number of pyridine rings is 1. The summed E-state index contributed by atoms with van der Waals surface area (Å²) in [6, 6.07) is 11.0. The molecule has 2 N–H and O–H groups in total. The highest BCUT2D eigenvalue weighted by molar-refractivity contribution is 5.88. The first-order valence-electron chi connectivity index (χ1n) is 5.79. The summed E-state index contributed by atoms with van der Waals surface area (Å²) in [5.41, 5.74) is 5.38. The van der Waals surface area contributed by atoms with Crippen LogP contribution in [0.3, 0.4) is 0 Å². The van der Waals surface area contributed by atoms with Crippen LogP contribution in [0.25, 0.3) is 0 Å². The normalized spacial score (nSPS) is 25.0. The van der Waals surface area contributed by atoms with E-state index in [1.54, 1.807) is 36.5 Å². The Kier molecular flexibility index (Phi) is 2.57. The van der Waals surface area contributed by atoms with Crippen LogP contribution in [-0.4, -0.2) is 10.9 Å². The van der Waals surface area contributed by atoms with Crippen LogP contribution < -0.4 is 5.73 Å². The molecule has 1 saturated heterocycles. The molecule has 0 spiro atoms. The molecule has 19 heavy (non-hydrogen) atoms. The number of benzene rings is 1. The number of carbonyl (C=O) groups is 1. The SMILES string of the molecule is NC(=O)[C@@]1(c2ccccn2)O[C@H]1c1ccc(F)cc1. The van der Waals surface area contributed by atoms with Gasteiger partial charge in [0, 0.05) is 6.20 Å². The van der Waals surface area contributed by atoms with Gasteiger partial charge < -0.3 is 10.5 Å². The summed E-state index contributed by atoms with van der Waals surface area (Å²) in [5, 5.41) is 0. The van der Waals surface area contributed by atoms with Crippen LogP contribution in [0.1, 0.15) is 17.4 Å². The molecule has 0 saturated carbocycles. The third-order valence-corrected chi connectivity index (χ3v) is 3.20. The van der Waals surface area contributed by atoms with Crippen molar-refractivity contribution in [2.45, 2.75) is 11.7 Å². The van der Waals surface area contributed by atoms with E-state index in [4.69, 9.17) is 10.5 Å². The molecule has 5 heteroatoms. The van der Waals surface area contributed by atoms with Gasteiger partial charge in [-0.25, -0.2) is 4.39 Å². The van der Waals surface area contributed by atoms with E-state index in [1.807, 2.05) is 0 Å². The third kappa shape index (κ3) is 1.79. The van der Waals surface area contributed by atoms with Crippen LogP contribution in [0, 0.1) is 5.82 Å². The third-order valence-electron chi connectivity index (χ3n) is 3.20. The predicted octanol–water partition coefficient (Wildman–Crippen LogP) is 1.67. The number of hydrogen-bond donors (Lipinski definition) is 1. The fourth-order valence-electron chi connectivity index (χ4n) is 2.18. The molecule has 3 rings (SSSR count). The molecule has 1 fully saturated rings. The number of halogens is 1. The molecular formula is C14H11FN2O2. The Morgan fingerprint density at radius 3 is 2.58 bits per heavy atom. The van der Waals surface area contributed by atoms with E-state index < -0.39 is 17.6 Å².